The lowest BCUT2D eigenvalue weighted by Gasteiger charge is -2.18. The molecule has 8 heteroatoms. The van der Waals surface area contributed by atoms with E-state index in [0.717, 1.165) is 16.1 Å². The van der Waals surface area contributed by atoms with Gasteiger partial charge in [0, 0.05) is 12.0 Å². The fourth-order valence-electron chi connectivity index (χ4n) is 3.35. The van der Waals surface area contributed by atoms with Crippen molar-refractivity contribution in [3.8, 4) is 0 Å². The van der Waals surface area contributed by atoms with Gasteiger partial charge in [-0.3, -0.25) is 29.6 Å². The zero-order valence-electron chi connectivity index (χ0n) is 17.5. The van der Waals surface area contributed by atoms with E-state index in [9.17, 15) is 19.2 Å². The van der Waals surface area contributed by atoms with E-state index in [-0.39, 0.29) is 24.9 Å². The number of hydrogen-bond acceptors (Lipinski definition) is 5. The van der Waals surface area contributed by atoms with E-state index in [1.54, 1.807) is 25.1 Å². The molecule has 2 atom stereocenters. The smallest absolute Gasteiger partial charge is 0.311 e. The second-order valence-electron chi connectivity index (χ2n) is 7.47. The SMILES string of the molecule is Cc1ccccc1C(=O)NN1C[C@@H](C(=O)OCC(=O)N[C@H](C)c2ccccc2)CC1=O. The summed E-state index contributed by atoms with van der Waals surface area (Å²) in [5.41, 5.74) is 4.70. The summed E-state index contributed by atoms with van der Waals surface area (Å²) in [6.45, 7) is 3.19. The van der Waals surface area contributed by atoms with Crippen molar-refractivity contribution < 1.29 is 23.9 Å². The second kappa shape index (κ2) is 9.88. The molecule has 3 rings (SSSR count). The number of carbonyl (C=O) groups is 4. The van der Waals surface area contributed by atoms with E-state index in [1.807, 2.05) is 43.3 Å². The van der Waals surface area contributed by atoms with Crippen molar-refractivity contribution in [2.24, 2.45) is 5.92 Å². The monoisotopic (exact) mass is 423 g/mol. The molecule has 2 aromatic carbocycles. The number of carbonyl (C=O) groups excluding carboxylic acids is 4. The van der Waals surface area contributed by atoms with Crippen molar-refractivity contribution in [3.63, 3.8) is 0 Å². The fraction of sp³-hybridized carbons (Fsp3) is 0.304. The van der Waals surface area contributed by atoms with Gasteiger partial charge in [0.15, 0.2) is 6.61 Å². The molecular formula is C23H25N3O5. The Morgan fingerprint density at radius 1 is 1.10 bits per heavy atom. The number of esters is 1. The predicted molar refractivity (Wildman–Crippen MR) is 112 cm³/mol. The summed E-state index contributed by atoms with van der Waals surface area (Å²) in [6.07, 6.45) is -0.0884. The molecule has 0 aliphatic carbocycles. The number of ether oxygens (including phenoxy) is 1. The Labute approximate surface area is 180 Å². The Balaban J connectivity index is 1.47. The molecule has 31 heavy (non-hydrogen) atoms. The van der Waals surface area contributed by atoms with Gasteiger partial charge in [0.2, 0.25) is 5.91 Å². The molecule has 1 heterocycles. The van der Waals surface area contributed by atoms with E-state index in [1.165, 1.54) is 0 Å². The Morgan fingerprint density at radius 2 is 1.77 bits per heavy atom. The van der Waals surface area contributed by atoms with E-state index >= 15 is 0 Å². The van der Waals surface area contributed by atoms with Gasteiger partial charge >= 0.3 is 5.97 Å². The largest absolute Gasteiger partial charge is 0.455 e. The van der Waals surface area contributed by atoms with Crippen LogP contribution < -0.4 is 10.7 Å². The molecule has 162 valence electrons. The van der Waals surface area contributed by atoms with Crippen LogP contribution >= 0.6 is 0 Å². The Hall–Kier alpha value is -3.68. The van der Waals surface area contributed by atoms with Gasteiger partial charge in [0.1, 0.15) is 0 Å². The maximum atomic E-state index is 12.4. The lowest BCUT2D eigenvalue weighted by molar-refractivity contribution is -0.152. The molecule has 0 spiro atoms. The molecule has 1 aliphatic rings. The topological polar surface area (TPSA) is 105 Å². The van der Waals surface area contributed by atoms with Gasteiger partial charge < -0.3 is 10.1 Å². The fourth-order valence-corrected chi connectivity index (χ4v) is 3.35. The predicted octanol–water partition coefficient (Wildman–Crippen LogP) is 1.91. The molecule has 0 saturated carbocycles. The lowest BCUT2D eigenvalue weighted by atomic mass is 10.1. The van der Waals surface area contributed by atoms with E-state index in [0.29, 0.717) is 5.56 Å². The molecule has 2 aromatic rings. The van der Waals surface area contributed by atoms with Crippen LogP contribution in [-0.4, -0.2) is 41.9 Å². The van der Waals surface area contributed by atoms with Crippen LogP contribution in [0.2, 0.25) is 0 Å². The van der Waals surface area contributed by atoms with Crippen LogP contribution in [0.5, 0.6) is 0 Å². The average Bonchev–Trinajstić information content (AvgIpc) is 3.13. The maximum absolute atomic E-state index is 12.4. The average molecular weight is 423 g/mol. The number of amides is 3. The molecule has 0 aromatic heterocycles. The first-order valence-electron chi connectivity index (χ1n) is 10.0. The molecule has 8 nitrogen and oxygen atoms in total. The molecule has 2 N–H and O–H groups in total. The number of rotatable bonds is 7. The minimum absolute atomic E-state index is 0.00265. The maximum Gasteiger partial charge on any atom is 0.311 e. The van der Waals surface area contributed by atoms with Gasteiger partial charge in [0.25, 0.3) is 11.8 Å². The standard InChI is InChI=1S/C23H25N3O5/c1-15-8-6-7-11-19(15)22(29)25-26-13-18(12-21(26)28)23(30)31-14-20(27)24-16(2)17-9-4-3-5-10-17/h3-11,16,18H,12-14H2,1-2H3,(H,24,27)(H,25,29)/t16-,18+/m1/s1. The zero-order valence-corrected chi connectivity index (χ0v) is 17.5. The van der Waals surface area contributed by atoms with Crippen LogP contribution in [-0.2, 0) is 19.1 Å². The molecule has 1 saturated heterocycles. The summed E-state index contributed by atoms with van der Waals surface area (Å²) < 4.78 is 5.09. The summed E-state index contributed by atoms with van der Waals surface area (Å²) >= 11 is 0. The highest BCUT2D eigenvalue weighted by atomic mass is 16.5. The van der Waals surface area contributed by atoms with Crippen LogP contribution in [0.4, 0.5) is 0 Å². The van der Waals surface area contributed by atoms with Gasteiger partial charge in [0.05, 0.1) is 18.5 Å². The molecular weight excluding hydrogens is 398 g/mol. The number of nitrogens with one attached hydrogen (secondary N) is 2. The van der Waals surface area contributed by atoms with Crippen LogP contribution in [0.25, 0.3) is 0 Å². The number of hydrogen-bond donors (Lipinski definition) is 2. The van der Waals surface area contributed by atoms with E-state index < -0.39 is 30.3 Å². The third-order valence-electron chi connectivity index (χ3n) is 5.11. The van der Waals surface area contributed by atoms with Crippen LogP contribution in [0.3, 0.4) is 0 Å². The molecule has 0 unspecified atom stereocenters. The van der Waals surface area contributed by atoms with Crippen molar-refractivity contribution in [1.29, 1.82) is 0 Å². The summed E-state index contributed by atoms with van der Waals surface area (Å²) in [7, 11) is 0. The van der Waals surface area contributed by atoms with Crippen LogP contribution in [0, 0.1) is 12.8 Å². The number of aryl methyl sites for hydroxylation is 1. The summed E-state index contributed by atoms with van der Waals surface area (Å²) in [6, 6.07) is 16.2. The summed E-state index contributed by atoms with van der Waals surface area (Å²) in [4.78, 5) is 49.0. The molecule has 3 amide bonds. The zero-order chi connectivity index (χ0) is 22.4. The third-order valence-corrected chi connectivity index (χ3v) is 5.11. The minimum atomic E-state index is -0.746. The number of nitrogens with zero attached hydrogens (tertiary/aromatic N) is 1. The van der Waals surface area contributed by atoms with Crippen molar-refractivity contribution in [2.45, 2.75) is 26.3 Å². The van der Waals surface area contributed by atoms with E-state index in [2.05, 4.69) is 10.7 Å². The Bertz CT molecular complexity index is 976. The summed E-state index contributed by atoms with van der Waals surface area (Å²) in [5.74, 6) is -2.63. The van der Waals surface area contributed by atoms with Gasteiger partial charge in [-0.25, -0.2) is 0 Å². The molecule has 0 radical (unpaired) electrons. The van der Waals surface area contributed by atoms with Gasteiger partial charge in [-0.15, -0.1) is 0 Å². The van der Waals surface area contributed by atoms with Crippen molar-refractivity contribution in [1.82, 2.24) is 15.8 Å². The summed E-state index contributed by atoms with van der Waals surface area (Å²) in [5, 5.41) is 3.88. The van der Waals surface area contributed by atoms with Gasteiger partial charge in [-0.1, -0.05) is 48.5 Å². The molecule has 0 bridgehead atoms. The quantitative estimate of drug-likeness (QED) is 0.662. The third kappa shape index (κ3) is 5.69. The van der Waals surface area contributed by atoms with Crippen LogP contribution in [0.15, 0.2) is 54.6 Å². The first-order chi connectivity index (χ1) is 14.8. The van der Waals surface area contributed by atoms with Gasteiger partial charge in [-0.05, 0) is 31.0 Å². The molecule has 1 fully saturated rings. The van der Waals surface area contributed by atoms with E-state index in [4.69, 9.17) is 4.74 Å². The van der Waals surface area contributed by atoms with Crippen molar-refractivity contribution in [3.05, 3.63) is 71.3 Å². The number of benzene rings is 2. The highest BCUT2D eigenvalue weighted by Gasteiger charge is 2.36. The van der Waals surface area contributed by atoms with Crippen molar-refractivity contribution in [2.75, 3.05) is 13.2 Å². The lowest BCUT2D eigenvalue weighted by Crippen LogP contribution is -2.43. The minimum Gasteiger partial charge on any atom is -0.455 e. The highest BCUT2D eigenvalue weighted by Crippen LogP contribution is 2.18. The Morgan fingerprint density at radius 3 is 2.48 bits per heavy atom. The second-order valence-corrected chi connectivity index (χ2v) is 7.47. The van der Waals surface area contributed by atoms with Crippen LogP contribution in [0.1, 0.15) is 40.9 Å². The first-order valence-corrected chi connectivity index (χ1v) is 10.0. The van der Waals surface area contributed by atoms with Gasteiger partial charge in [-0.2, -0.15) is 0 Å². The van der Waals surface area contributed by atoms with Crippen molar-refractivity contribution >= 4 is 23.7 Å². The molecule has 1 aliphatic heterocycles. The number of hydrazine groups is 1. The Kier molecular flexibility index (Phi) is 7.02. The first kappa shape index (κ1) is 22.0. The normalized spacial score (nSPS) is 16.5. The highest BCUT2D eigenvalue weighted by molar-refractivity contribution is 5.97.